The van der Waals surface area contributed by atoms with Crippen LogP contribution in [0.15, 0.2) is 45.3 Å². The van der Waals surface area contributed by atoms with Crippen molar-refractivity contribution in [1.29, 1.82) is 0 Å². The Morgan fingerprint density at radius 1 is 0.774 bits per heavy atom. The Hall–Kier alpha value is -0.690. The first-order valence-corrected chi connectivity index (χ1v) is 14.5. The predicted octanol–water partition coefficient (Wildman–Crippen LogP) is 8.29. The van der Waals surface area contributed by atoms with Crippen molar-refractivity contribution in [3.8, 4) is 11.1 Å². The fraction of sp³-hybridized carbons (Fsp3) is 0.520. The van der Waals surface area contributed by atoms with E-state index in [4.69, 9.17) is 4.55 Å². The maximum absolute atomic E-state index is 11.0. The summed E-state index contributed by atoms with van der Waals surface area (Å²) < 4.78 is 33.2. The van der Waals surface area contributed by atoms with Crippen LogP contribution in [0.1, 0.15) is 82.3 Å². The van der Waals surface area contributed by atoms with Gasteiger partial charge in [-0.15, -0.1) is 0 Å². The maximum atomic E-state index is 11.0. The Morgan fingerprint density at radius 2 is 1.26 bits per heavy atom. The van der Waals surface area contributed by atoms with Crippen LogP contribution in [-0.2, 0) is 15.5 Å². The van der Waals surface area contributed by atoms with E-state index in [-0.39, 0.29) is 11.2 Å². The Balaban J connectivity index is 1.87. The molecule has 0 bridgehead atoms. The molecule has 3 rings (SSSR count). The molecule has 0 unspecified atom stereocenters. The molecule has 31 heavy (non-hydrogen) atoms. The molecule has 0 spiro atoms. The van der Waals surface area contributed by atoms with Crippen molar-refractivity contribution in [2.45, 2.75) is 76.5 Å². The second-order valence-corrected chi connectivity index (χ2v) is 12.1. The molecular formula is C25H32Br2O3S. The smallest absolute Gasteiger partial charge is 0.264 e. The van der Waals surface area contributed by atoms with Gasteiger partial charge in [0.25, 0.3) is 10.1 Å². The van der Waals surface area contributed by atoms with Gasteiger partial charge in [0.2, 0.25) is 0 Å². The van der Waals surface area contributed by atoms with E-state index in [1.807, 2.05) is 0 Å². The molecule has 2 aromatic rings. The normalized spacial score (nSPS) is 14.5. The molecule has 6 heteroatoms. The third kappa shape index (κ3) is 6.21. The topological polar surface area (TPSA) is 54.4 Å². The van der Waals surface area contributed by atoms with E-state index in [1.54, 1.807) is 0 Å². The monoisotopic (exact) mass is 570 g/mol. The summed E-state index contributed by atoms with van der Waals surface area (Å²) in [5.41, 5.74) is 5.52. The van der Waals surface area contributed by atoms with Crippen LogP contribution in [0.5, 0.6) is 0 Å². The highest BCUT2D eigenvalue weighted by molar-refractivity contribution is 9.10. The van der Waals surface area contributed by atoms with E-state index in [1.165, 1.54) is 47.9 Å². The van der Waals surface area contributed by atoms with E-state index in [0.29, 0.717) is 6.42 Å². The van der Waals surface area contributed by atoms with Crippen LogP contribution >= 0.6 is 31.9 Å². The molecule has 0 aromatic heterocycles. The van der Waals surface area contributed by atoms with Gasteiger partial charge in [0.05, 0.1) is 5.75 Å². The quantitative estimate of drug-likeness (QED) is 0.206. The molecule has 1 N–H and O–H groups in total. The van der Waals surface area contributed by atoms with E-state index in [9.17, 15) is 8.42 Å². The third-order valence-corrected chi connectivity index (χ3v) is 8.29. The third-order valence-electron chi connectivity index (χ3n) is 6.50. The molecule has 0 aliphatic heterocycles. The highest BCUT2D eigenvalue weighted by Gasteiger charge is 2.42. The summed E-state index contributed by atoms with van der Waals surface area (Å²) in [6.07, 6.45) is 10.5. The molecule has 170 valence electrons. The lowest BCUT2D eigenvalue weighted by molar-refractivity contribution is 0.400. The molecule has 3 nitrogen and oxygen atoms in total. The molecule has 0 atom stereocenters. The molecule has 0 radical (unpaired) electrons. The van der Waals surface area contributed by atoms with Crippen molar-refractivity contribution in [2.75, 3.05) is 5.75 Å². The van der Waals surface area contributed by atoms with Crippen LogP contribution < -0.4 is 0 Å². The number of fused-ring (bicyclic) bond motifs is 3. The number of benzene rings is 2. The second kappa shape index (κ2) is 11.0. The number of rotatable bonds is 12. The van der Waals surface area contributed by atoms with Crippen molar-refractivity contribution in [1.82, 2.24) is 0 Å². The largest absolute Gasteiger partial charge is 0.286 e. The zero-order valence-corrected chi connectivity index (χ0v) is 22.2. The Kier molecular flexibility index (Phi) is 8.81. The summed E-state index contributed by atoms with van der Waals surface area (Å²) in [6, 6.07) is 13.4. The zero-order chi connectivity index (χ0) is 22.5. The highest BCUT2D eigenvalue weighted by atomic mass is 79.9. The molecule has 1 aliphatic rings. The molecule has 0 saturated heterocycles. The van der Waals surface area contributed by atoms with Gasteiger partial charge in [0.15, 0.2) is 0 Å². The Morgan fingerprint density at radius 3 is 1.74 bits per heavy atom. The van der Waals surface area contributed by atoms with E-state index < -0.39 is 10.1 Å². The van der Waals surface area contributed by atoms with Gasteiger partial charge in [-0.2, -0.15) is 8.42 Å². The minimum Gasteiger partial charge on any atom is -0.286 e. The van der Waals surface area contributed by atoms with Crippen LogP contribution in [0.3, 0.4) is 0 Å². The lowest BCUT2D eigenvalue weighted by Gasteiger charge is -2.33. The Labute approximate surface area is 204 Å². The van der Waals surface area contributed by atoms with Crippen LogP contribution in [-0.4, -0.2) is 18.7 Å². The van der Waals surface area contributed by atoms with Crippen LogP contribution in [0.25, 0.3) is 11.1 Å². The molecule has 0 amide bonds. The van der Waals surface area contributed by atoms with E-state index in [0.717, 1.165) is 41.0 Å². The average Bonchev–Trinajstić information content (AvgIpc) is 2.96. The Bertz CT molecular complexity index is 950. The highest BCUT2D eigenvalue weighted by Crippen LogP contribution is 2.55. The van der Waals surface area contributed by atoms with Crippen LogP contribution in [0.2, 0.25) is 0 Å². The SMILES string of the molecule is CCCCCCC1(CCCCCCS(=O)(=O)O)c2cc(Br)ccc2-c2ccc(Br)cc21. The van der Waals surface area contributed by atoms with E-state index >= 15 is 0 Å². The van der Waals surface area contributed by atoms with Crippen molar-refractivity contribution in [3.05, 3.63) is 56.5 Å². The molecule has 0 fully saturated rings. The fourth-order valence-electron chi connectivity index (χ4n) is 5.02. The van der Waals surface area contributed by atoms with Gasteiger partial charge in [-0.05, 0) is 65.8 Å². The van der Waals surface area contributed by atoms with Gasteiger partial charge in [0, 0.05) is 14.4 Å². The van der Waals surface area contributed by atoms with Gasteiger partial charge in [0.1, 0.15) is 0 Å². The standard InChI is InChI=1S/C25H32Br2O3S/c1-2-3-4-7-14-25(15-8-5-6-9-16-31(28,29)30)23-17-19(26)10-12-21(23)22-13-11-20(27)18-24(22)25/h10-13,17-18H,2-9,14-16H2,1H3,(H,28,29,30). The van der Waals surface area contributed by atoms with Gasteiger partial charge < -0.3 is 0 Å². The lowest BCUT2D eigenvalue weighted by Crippen LogP contribution is -2.25. The van der Waals surface area contributed by atoms with Gasteiger partial charge in [-0.25, -0.2) is 0 Å². The summed E-state index contributed by atoms with van der Waals surface area (Å²) in [6.45, 7) is 2.25. The van der Waals surface area contributed by atoms with Gasteiger partial charge in [-0.3, -0.25) is 4.55 Å². The number of hydrogen-bond acceptors (Lipinski definition) is 2. The maximum Gasteiger partial charge on any atom is 0.264 e. The summed E-state index contributed by atoms with van der Waals surface area (Å²) in [7, 11) is -3.86. The number of hydrogen-bond donors (Lipinski definition) is 1. The minimum atomic E-state index is -3.86. The summed E-state index contributed by atoms with van der Waals surface area (Å²) in [4.78, 5) is 0. The van der Waals surface area contributed by atoms with Crippen LogP contribution in [0.4, 0.5) is 0 Å². The molecule has 0 saturated carbocycles. The molecular weight excluding hydrogens is 540 g/mol. The number of halogens is 2. The summed E-state index contributed by atoms with van der Waals surface area (Å²) in [5.74, 6) is -0.138. The van der Waals surface area contributed by atoms with Crippen molar-refractivity contribution in [2.24, 2.45) is 0 Å². The van der Waals surface area contributed by atoms with Gasteiger partial charge >= 0.3 is 0 Å². The second-order valence-electron chi connectivity index (χ2n) is 8.72. The average molecular weight is 572 g/mol. The molecule has 1 aliphatic carbocycles. The first-order valence-electron chi connectivity index (χ1n) is 11.3. The van der Waals surface area contributed by atoms with Gasteiger partial charge in [-0.1, -0.05) is 95.9 Å². The van der Waals surface area contributed by atoms with Crippen molar-refractivity contribution < 1.29 is 13.0 Å². The summed E-state index contributed by atoms with van der Waals surface area (Å²) in [5, 5.41) is 0. The fourth-order valence-corrected chi connectivity index (χ4v) is 6.31. The first kappa shape index (κ1) is 24.9. The van der Waals surface area contributed by atoms with Crippen molar-refractivity contribution in [3.63, 3.8) is 0 Å². The predicted molar refractivity (Wildman–Crippen MR) is 136 cm³/mol. The molecule has 0 heterocycles. The van der Waals surface area contributed by atoms with Crippen LogP contribution in [0, 0.1) is 0 Å². The van der Waals surface area contributed by atoms with E-state index in [2.05, 4.69) is 75.2 Å². The molecule has 2 aromatic carbocycles. The lowest BCUT2D eigenvalue weighted by atomic mass is 9.70. The minimum absolute atomic E-state index is 0.00494. The number of unbranched alkanes of at least 4 members (excludes halogenated alkanes) is 6. The first-order chi connectivity index (χ1) is 14.8. The van der Waals surface area contributed by atoms with Crippen molar-refractivity contribution >= 4 is 42.0 Å². The summed E-state index contributed by atoms with van der Waals surface area (Å²) >= 11 is 7.40. The zero-order valence-electron chi connectivity index (χ0n) is 18.2.